The van der Waals surface area contributed by atoms with Gasteiger partial charge in [0.15, 0.2) is 0 Å². The third-order valence-electron chi connectivity index (χ3n) is 4.40. The molecule has 0 aliphatic carbocycles. The van der Waals surface area contributed by atoms with Crippen molar-refractivity contribution >= 4 is 17.6 Å². The molecule has 0 aromatic heterocycles. The zero-order valence-corrected chi connectivity index (χ0v) is 15.9. The number of carbonyl (C=O) groups is 1. The zero-order chi connectivity index (χ0) is 18.3. The maximum absolute atomic E-state index is 12.0. The highest BCUT2D eigenvalue weighted by molar-refractivity contribution is 6.31. The summed E-state index contributed by atoms with van der Waals surface area (Å²) < 4.78 is 4.82. The van der Waals surface area contributed by atoms with E-state index in [0.717, 1.165) is 0 Å². The lowest BCUT2D eigenvalue weighted by Gasteiger charge is -2.34. The quantitative estimate of drug-likeness (QED) is 0.660. The molecule has 0 heterocycles. The van der Waals surface area contributed by atoms with E-state index in [2.05, 4.69) is 38.7 Å². The molecule has 0 radical (unpaired) electrons. The van der Waals surface area contributed by atoms with Gasteiger partial charge in [0.2, 0.25) is 0 Å². The van der Waals surface area contributed by atoms with Gasteiger partial charge < -0.3 is 4.74 Å². The lowest BCUT2D eigenvalue weighted by molar-refractivity contribution is -0.141. The van der Waals surface area contributed by atoms with E-state index in [0.29, 0.717) is 35.6 Å². The Balaban J connectivity index is 3.21. The second kappa shape index (κ2) is 9.05. The Labute approximate surface area is 150 Å². The first-order valence-electron chi connectivity index (χ1n) is 8.26. The Bertz CT molecular complexity index is 587. The fraction of sp³-hybridized carbons (Fsp3) is 0.579. The molecule has 0 aliphatic rings. The van der Waals surface area contributed by atoms with Crippen LogP contribution in [-0.2, 0) is 14.9 Å². The lowest BCUT2D eigenvalue weighted by atomic mass is 9.75. The van der Waals surface area contributed by atoms with Crippen molar-refractivity contribution in [3.05, 3.63) is 34.9 Å². The Kier molecular flexibility index (Phi) is 7.72. The van der Waals surface area contributed by atoms with Gasteiger partial charge in [0, 0.05) is 23.7 Å². The van der Waals surface area contributed by atoms with Gasteiger partial charge in [0.25, 0.3) is 0 Å². The number of benzene rings is 1. The molecule has 1 rings (SSSR count). The second-order valence-electron chi connectivity index (χ2n) is 6.60. The van der Waals surface area contributed by atoms with Gasteiger partial charge >= 0.3 is 5.97 Å². The highest BCUT2D eigenvalue weighted by atomic mass is 35.5. The van der Waals surface area contributed by atoms with Crippen LogP contribution in [0.25, 0.3) is 0 Å². The molecule has 1 unspecified atom stereocenters. The number of hydrogen-bond acceptors (Lipinski definition) is 4. The summed E-state index contributed by atoms with van der Waals surface area (Å²) in [6, 6.07) is 10.3. The van der Waals surface area contributed by atoms with E-state index < -0.39 is 11.4 Å². The van der Waals surface area contributed by atoms with Crippen LogP contribution >= 0.6 is 11.6 Å². The summed E-state index contributed by atoms with van der Waals surface area (Å²) in [5.74, 6) is -0.405. The maximum Gasteiger partial charge on any atom is 0.307 e. The van der Waals surface area contributed by atoms with Crippen molar-refractivity contribution < 1.29 is 9.53 Å². The van der Waals surface area contributed by atoms with Crippen LogP contribution in [0.2, 0.25) is 5.02 Å². The van der Waals surface area contributed by atoms with Crippen LogP contribution in [-0.4, -0.2) is 36.6 Å². The summed E-state index contributed by atoms with van der Waals surface area (Å²) in [4.78, 5) is 14.3. The second-order valence-corrected chi connectivity index (χ2v) is 7.01. The first-order chi connectivity index (χ1) is 11.3. The van der Waals surface area contributed by atoms with Gasteiger partial charge in [-0.1, -0.05) is 29.8 Å². The highest BCUT2D eigenvalue weighted by Crippen LogP contribution is 2.36. The van der Waals surface area contributed by atoms with Crippen molar-refractivity contribution in [2.75, 3.05) is 13.7 Å². The number of hydrogen-bond donors (Lipinski definition) is 0. The molecule has 0 spiro atoms. The summed E-state index contributed by atoms with van der Waals surface area (Å²) in [5, 5.41) is 10.5. The first-order valence-corrected chi connectivity index (χ1v) is 8.64. The summed E-state index contributed by atoms with van der Waals surface area (Å²) in [7, 11) is 1.34. The minimum Gasteiger partial charge on any atom is -0.469 e. The van der Waals surface area contributed by atoms with Crippen molar-refractivity contribution in [3.63, 3.8) is 0 Å². The smallest absolute Gasteiger partial charge is 0.307 e. The summed E-state index contributed by atoms with van der Waals surface area (Å²) in [6.45, 7) is 9.21. The van der Waals surface area contributed by atoms with Gasteiger partial charge in [-0.15, -0.1) is 0 Å². The lowest BCUT2D eigenvalue weighted by Crippen LogP contribution is -2.41. The van der Waals surface area contributed by atoms with Crippen LogP contribution in [0.15, 0.2) is 24.3 Å². The first kappa shape index (κ1) is 20.5. The fourth-order valence-electron chi connectivity index (χ4n) is 3.07. The highest BCUT2D eigenvalue weighted by Gasteiger charge is 2.37. The van der Waals surface area contributed by atoms with E-state index >= 15 is 0 Å². The SMILES string of the molecule is COC(=O)CC(C#N)(CCN(C(C)C)C(C)C)c1ccccc1Cl. The molecular weight excluding hydrogens is 324 g/mol. The average molecular weight is 351 g/mol. The van der Waals surface area contributed by atoms with E-state index in [9.17, 15) is 10.1 Å². The standard InChI is InChI=1S/C19H27ClN2O2/c1-14(2)22(15(3)4)11-10-19(13-21,12-18(23)24-5)16-8-6-7-9-17(16)20/h6-9,14-15H,10-12H2,1-5H3. The fourth-order valence-corrected chi connectivity index (χ4v) is 3.39. The van der Waals surface area contributed by atoms with Gasteiger partial charge in [-0.05, 0) is 45.7 Å². The largest absolute Gasteiger partial charge is 0.469 e. The molecule has 5 heteroatoms. The van der Waals surface area contributed by atoms with Crippen LogP contribution in [0, 0.1) is 11.3 Å². The number of nitrogens with zero attached hydrogens (tertiary/aromatic N) is 2. The molecule has 1 aromatic rings. The van der Waals surface area contributed by atoms with Crippen LogP contribution in [0.4, 0.5) is 0 Å². The van der Waals surface area contributed by atoms with E-state index in [1.54, 1.807) is 6.07 Å². The van der Waals surface area contributed by atoms with Gasteiger partial charge in [-0.25, -0.2) is 0 Å². The van der Waals surface area contributed by atoms with Crippen molar-refractivity contribution in [3.8, 4) is 6.07 Å². The van der Waals surface area contributed by atoms with Crippen molar-refractivity contribution in [1.82, 2.24) is 4.90 Å². The monoisotopic (exact) mass is 350 g/mol. The Morgan fingerprint density at radius 2 is 1.88 bits per heavy atom. The number of halogens is 1. The van der Waals surface area contributed by atoms with Crippen molar-refractivity contribution in [2.24, 2.45) is 0 Å². The molecule has 0 bridgehead atoms. The van der Waals surface area contributed by atoms with Gasteiger partial charge in [0.05, 0.1) is 25.0 Å². The predicted molar refractivity (Wildman–Crippen MR) is 97.0 cm³/mol. The third-order valence-corrected chi connectivity index (χ3v) is 4.73. The topological polar surface area (TPSA) is 53.3 Å². The summed E-state index contributed by atoms with van der Waals surface area (Å²) >= 11 is 6.34. The van der Waals surface area contributed by atoms with E-state index in [4.69, 9.17) is 16.3 Å². The van der Waals surface area contributed by atoms with E-state index in [-0.39, 0.29) is 6.42 Å². The van der Waals surface area contributed by atoms with Crippen LogP contribution in [0.1, 0.15) is 46.1 Å². The Hall–Kier alpha value is -1.57. The molecule has 1 aromatic carbocycles. The molecule has 132 valence electrons. The average Bonchev–Trinajstić information content (AvgIpc) is 2.53. The van der Waals surface area contributed by atoms with Crippen LogP contribution in [0.3, 0.4) is 0 Å². The molecule has 0 saturated heterocycles. The molecule has 24 heavy (non-hydrogen) atoms. The summed E-state index contributed by atoms with van der Waals surface area (Å²) in [5.41, 5.74) is -0.306. The zero-order valence-electron chi connectivity index (χ0n) is 15.2. The molecule has 4 nitrogen and oxygen atoms in total. The third kappa shape index (κ3) is 4.96. The molecule has 0 fully saturated rings. The summed E-state index contributed by atoms with van der Waals surface area (Å²) in [6.07, 6.45) is 0.506. The number of rotatable bonds is 8. The number of carbonyl (C=O) groups excluding carboxylic acids is 1. The van der Waals surface area contributed by atoms with E-state index in [1.807, 2.05) is 18.2 Å². The van der Waals surface area contributed by atoms with Crippen LogP contribution < -0.4 is 0 Å². The molecule has 0 aliphatic heterocycles. The van der Waals surface area contributed by atoms with Crippen molar-refractivity contribution in [1.29, 1.82) is 5.26 Å². The normalized spacial score (nSPS) is 13.8. The Morgan fingerprint density at radius 1 is 1.29 bits per heavy atom. The molecule has 0 N–H and O–H groups in total. The molecule has 1 atom stereocenters. The molecule has 0 amide bonds. The van der Waals surface area contributed by atoms with Crippen molar-refractivity contribution in [2.45, 2.75) is 58.0 Å². The Morgan fingerprint density at radius 3 is 2.33 bits per heavy atom. The van der Waals surface area contributed by atoms with Gasteiger partial charge in [-0.2, -0.15) is 5.26 Å². The molecular formula is C19H27ClN2O2. The van der Waals surface area contributed by atoms with E-state index in [1.165, 1.54) is 7.11 Å². The number of methoxy groups -OCH3 is 1. The number of ether oxygens (including phenoxy) is 1. The predicted octanol–water partition coefficient (Wildman–Crippen LogP) is 4.17. The maximum atomic E-state index is 12.0. The van der Waals surface area contributed by atoms with Crippen LogP contribution in [0.5, 0.6) is 0 Å². The number of esters is 1. The number of nitriles is 1. The van der Waals surface area contributed by atoms with Gasteiger partial charge in [0.1, 0.15) is 0 Å². The minimum absolute atomic E-state index is 0.00619. The van der Waals surface area contributed by atoms with Gasteiger partial charge in [-0.3, -0.25) is 9.69 Å². The minimum atomic E-state index is -0.993. The molecule has 0 saturated carbocycles.